The molecule has 0 aliphatic carbocycles. The molecule has 1 saturated heterocycles. The zero-order valence-corrected chi connectivity index (χ0v) is 10.2. The first kappa shape index (κ1) is 11.6. The van der Waals surface area contributed by atoms with Gasteiger partial charge in [-0.3, -0.25) is 0 Å². The molecule has 1 N–H and O–H groups in total. The van der Waals surface area contributed by atoms with Gasteiger partial charge in [-0.15, -0.1) is 0 Å². The Morgan fingerprint density at radius 3 is 2.69 bits per heavy atom. The zero-order chi connectivity index (χ0) is 11.4. The Labute approximate surface area is 98.0 Å². The van der Waals surface area contributed by atoms with E-state index in [9.17, 15) is 0 Å². The van der Waals surface area contributed by atoms with Crippen LogP contribution in [0, 0.1) is 0 Å². The fourth-order valence-electron chi connectivity index (χ4n) is 2.07. The molecule has 1 heterocycles. The van der Waals surface area contributed by atoms with Gasteiger partial charge in [-0.05, 0) is 17.0 Å². The summed E-state index contributed by atoms with van der Waals surface area (Å²) in [5, 5.41) is 3.41. The molecule has 1 aliphatic heterocycles. The standard InChI is InChI=1S/C14H21NO/c1-11(2)12-3-5-13(6-4-12)14-9-15-7-8-16-10-14/h3-6,11,14-15H,7-10H2,1-2H3. The molecular weight excluding hydrogens is 198 g/mol. The van der Waals surface area contributed by atoms with E-state index in [1.807, 2.05) is 0 Å². The van der Waals surface area contributed by atoms with Gasteiger partial charge in [0, 0.05) is 19.0 Å². The zero-order valence-electron chi connectivity index (χ0n) is 10.2. The summed E-state index contributed by atoms with van der Waals surface area (Å²) in [4.78, 5) is 0. The van der Waals surface area contributed by atoms with Gasteiger partial charge in [0.1, 0.15) is 0 Å². The topological polar surface area (TPSA) is 21.3 Å². The van der Waals surface area contributed by atoms with Crippen molar-refractivity contribution < 1.29 is 4.74 Å². The van der Waals surface area contributed by atoms with E-state index in [-0.39, 0.29) is 0 Å². The fraction of sp³-hybridized carbons (Fsp3) is 0.571. The highest BCUT2D eigenvalue weighted by molar-refractivity contribution is 5.27. The first-order valence-electron chi connectivity index (χ1n) is 6.15. The van der Waals surface area contributed by atoms with Gasteiger partial charge in [0.2, 0.25) is 0 Å². The van der Waals surface area contributed by atoms with Gasteiger partial charge in [-0.2, -0.15) is 0 Å². The van der Waals surface area contributed by atoms with Crippen LogP contribution in [0.2, 0.25) is 0 Å². The lowest BCUT2D eigenvalue weighted by molar-refractivity contribution is 0.141. The Morgan fingerprint density at radius 2 is 2.00 bits per heavy atom. The third kappa shape index (κ3) is 2.83. The Balaban J connectivity index is 2.07. The Kier molecular flexibility index (Phi) is 3.97. The van der Waals surface area contributed by atoms with Gasteiger partial charge in [0.25, 0.3) is 0 Å². The minimum atomic E-state index is 0.503. The molecule has 1 atom stereocenters. The van der Waals surface area contributed by atoms with Gasteiger partial charge in [-0.25, -0.2) is 0 Å². The smallest absolute Gasteiger partial charge is 0.0591 e. The molecule has 2 heteroatoms. The second-order valence-electron chi connectivity index (χ2n) is 4.80. The van der Waals surface area contributed by atoms with Gasteiger partial charge in [0.15, 0.2) is 0 Å². The molecule has 1 aromatic rings. The van der Waals surface area contributed by atoms with Crippen molar-refractivity contribution in [3.8, 4) is 0 Å². The van der Waals surface area contributed by atoms with Gasteiger partial charge < -0.3 is 10.1 Å². The summed E-state index contributed by atoms with van der Waals surface area (Å²) in [6.07, 6.45) is 0. The second-order valence-corrected chi connectivity index (χ2v) is 4.80. The highest BCUT2D eigenvalue weighted by Gasteiger charge is 2.14. The summed E-state index contributed by atoms with van der Waals surface area (Å²) in [5.41, 5.74) is 2.80. The summed E-state index contributed by atoms with van der Waals surface area (Å²) in [6.45, 7) is 8.13. The summed E-state index contributed by atoms with van der Waals surface area (Å²) in [6, 6.07) is 8.97. The molecule has 0 amide bonds. The third-order valence-corrected chi connectivity index (χ3v) is 3.21. The maximum atomic E-state index is 5.58. The summed E-state index contributed by atoms with van der Waals surface area (Å²) in [5.74, 6) is 1.11. The molecule has 2 nitrogen and oxygen atoms in total. The van der Waals surface area contributed by atoms with Crippen LogP contribution in [0.25, 0.3) is 0 Å². The number of hydrogen-bond acceptors (Lipinski definition) is 2. The lowest BCUT2D eigenvalue weighted by Crippen LogP contribution is -2.21. The predicted molar refractivity (Wildman–Crippen MR) is 67.0 cm³/mol. The Morgan fingerprint density at radius 1 is 1.25 bits per heavy atom. The molecule has 2 rings (SSSR count). The minimum Gasteiger partial charge on any atom is -0.379 e. The average Bonchev–Trinajstić information content (AvgIpc) is 2.57. The minimum absolute atomic E-state index is 0.503. The number of ether oxygens (including phenoxy) is 1. The van der Waals surface area contributed by atoms with Crippen molar-refractivity contribution in [2.75, 3.05) is 26.3 Å². The quantitative estimate of drug-likeness (QED) is 0.825. The van der Waals surface area contributed by atoms with Crippen LogP contribution in [0.15, 0.2) is 24.3 Å². The largest absolute Gasteiger partial charge is 0.379 e. The third-order valence-electron chi connectivity index (χ3n) is 3.21. The Hall–Kier alpha value is -0.860. The van der Waals surface area contributed by atoms with Crippen molar-refractivity contribution in [3.63, 3.8) is 0 Å². The molecule has 0 spiro atoms. The molecule has 88 valence electrons. The maximum absolute atomic E-state index is 5.58. The van der Waals surface area contributed by atoms with Crippen LogP contribution in [-0.2, 0) is 4.74 Å². The van der Waals surface area contributed by atoms with Crippen molar-refractivity contribution in [3.05, 3.63) is 35.4 Å². The molecule has 0 aromatic heterocycles. The number of benzene rings is 1. The molecule has 1 unspecified atom stereocenters. The number of hydrogen-bond donors (Lipinski definition) is 1. The van der Waals surface area contributed by atoms with Crippen LogP contribution < -0.4 is 5.32 Å². The van der Waals surface area contributed by atoms with E-state index < -0.39 is 0 Å². The monoisotopic (exact) mass is 219 g/mol. The SMILES string of the molecule is CC(C)c1ccc(C2CNCCOC2)cc1. The van der Waals surface area contributed by atoms with Crippen molar-refractivity contribution in [2.24, 2.45) is 0 Å². The van der Waals surface area contributed by atoms with Crippen molar-refractivity contribution >= 4 is 0 Å². The van der Waals surface area contributed by atoms with Crippen molar-refractivity contribution in [1.29, 1.82) is 0 Å². The van der Waals surface area contributed by atoms with E-state index in [2.05, 4.69) is 43.4 Å². The lowest BCUT2D eigenvalue weighted by atomic mass is 9.95. The lowest BCUT2D eigenvalue weighted by Gasteiger charge is -2.15. The maximum Gasteiger partial charge on any atom is 0.0591 e. The molecule has 1 aliphatic rings. The molecular formula is C14H21NO. The van der Waals surface area contributed by atoms with Crippen LogP contribution >= 0.6 is 0 Å². The predicted octanol–water partition coefficient (Wildman–Crippen LogP) is 2.51. The average molecular weight is 219 g/mol. The van der Waals surface area contributed by atoms with Crippen LogP contribution in [0.1, 0.15) is 36.8 Å². The highest BCUT2D eigenvalue weighted by Crippen LogP contribution is 2.20. The summed E-state index contributed by atoms with van der Waals surface area (Å²) < 4.78 is 5.58. The van der Waals surface area contributed by atoms with Crippen LogP contribution in [-0.4, -0.2) is 26.3 Å². The molecule has 0 bridgehead atoms. The Bertz CT molecular complexity index is 310. The van der Waals surface area contributed by atoms with E-state index in [0.29, 0.717) is 11.8 Å². The molecule has 16 heavy (non-hydrogen) atoms. The van der Waals surface area contributed by atoms with E-state index in [4.69, 9.17) is 4.74 Å². The van der Waals surface area contributed by atoms with E-state index in [1.54, 1.807) is 0 Å². The van der Waals surface area contributed by atoms with Crippen molar-refractivity contribution in [2.45, 2.75) is 25.7 Å². The number of rotatable bonds is 2. The second kappa shape index (κ2) is 5.46. The summed E-state index contributed by atoms with van der Waals surface area (Å²) >= 11 is 0. The van der Waals surface area contributed by atoms with Crippen LogP contribution in [0.4, 0.5) is 0 Å². The molecule has 1 aromatic carbocycles. The van der Waals surface area contributed by atoms with Crippen LogP contribution in [0.3, 0.4) is 0 Å². The first-order chi connectivity index (χ1) is 7.77. The fourth-order valence-corrected chi connectivity index (χ4v) is 2.07. The van der Waals surface area contributed by atoms with Gasteiger partial charge in [0.05, 0.1) is 13.2 Å². The summed E-state index contributed by atoms with van der Waals surface area (Å²) in [7, 11) is 0. The van der Waals surface area contributed by atoms with E-state index >= 15 is 0 Å². The van der Waals surface area contributed by atoms with E-state index in [1.165, 1.54) is 11.1 Å². The van der Waals surface area contributed by atoms with Gasteiger partial charge >= 0.3 is 0 Å². The van der Waals surface area contributed by atoms with Crippen molar-refractivity contribution in [1.82, 2.24) is 5.32 Å². The van der Waals surface area contributed by atoms with E-state index in [0.717, 1.165) is 26.3 Å². The van der Waals surface area contributed by atoms with Crippen LogP contribution in [0.5, 0.6) is 0 Å². The number of nitrogens with one attached hydrogen (secondary N) is 1. The molecule has 0 radical (unpaired) electrons. The first-order valence-corrected chi connectivity index (χ1v) is 6.15. The normalized spacial score (nSPS) is 22.1. The van der Waals surface area contributed by atoms with Gasteiger partial charge in [-0.1, -0.05) is 38.1 Å². The molecule has 1 fully saturated rings. The highest BCUT2D eigenvalue weighted by atomic mass is 16.5. The molecule has 0 saturated carbocycles.